The second-order valence-corrected chi connectivity index (χ2v) is 7.63. The largest absolute Gasteiger partial charge is 0.497 e. The van der Waals surface area contributed by atoms with Gasteiger partial charge in [-0.05, 0) is 42.8 Å². The lowest BCUT2D eigenvalue weighted by molar-refractivity contribution is -0.113. The third-order valence-electron chi connectivity index (χ3n) is 4.60. The summed E-state index contributed by atoms with van der Waals surface area (Å²) in [5, 5.41) is 4.14. The van der Waals surface area contributed by atoms with Crippen LogP contribution in [0.1, 0.15) is 13.3 Å². The van der Waals surface area contributed by atoms with Crippen molar-refractivity contribution in [3.05, 3.63) is 58.9 Å². The van der Waals surface area contributed by atoms with Gasteiger partial charge in [-0.2, -0.15) is 0 Å². The van der Waals surface area contributed by atoms with Crippen LogP contribution < -0.4 is 15.6 Å². The van der Waals surface area contributed by atoms with Crippen molar-refractivity contribution in [1.82, 2.24) is 9.55 Å². The molecule has 4 aromatic rings. The van der Waals surface area contributed by atoms with E-state index in [9.17, 15) is 9.59 Å². The number of furan rings is 1. The second kappa shape index (κ2) is 8.62. The Morgan fingerprint density at radius 2 is 1.97 bits per heavy atom. The number of methoxy groups -OCH3 is 1. The Morgan fingerprint density at radius 3 is 2.70 bits per heavy atom. The van der Waals surface area contributed by atoms with Gasteiger partial charge in [-0.25, -0.2) is 4.98 Å². The van der Waals surface area contributed by atoms with Crippen LogP contribution >= 0.6 is 11.8 Å². The molecular weight excluding hydrogens is 402 g/mol. The van der Waals surface area contributed by atoms with Crippen LogP contribution in [0.15, 0.2) is 62.9 Å². The Morgan fingerprint density at radius 1 is 1.20 bits per heavy atom. The molecule has 0 fully saturated rings. The molecule has 2 heterocycles. The molecule has 0 aliphatic rings. The zero-order chi connectivity index (χ0) is 21.1. The molecule has 4 rings (SSSR count). The minimum atomic E-state index is -0.226. The van der Waals surface area contributed by atoms with Gasteiger partial charge in [0.05, 0.1) is 12.9 Å². The van der Waals surface area contributed by atoms with Crippen molar-refractivity contribution >= 4 is 45.4 Å². The van der Waals surface area contributed by atoms with Gasteiger partial charge >= 0.3 is 0 Å². The highest BCUT2D eigenvalue weighted by Crippen LogP contribution is 2.27. The van der Waals surface area contributed by atoms with Gasteiger partial charge in [0.25, 0.3) is 5.56 Å². The number of nitrogens with one attached hydrogen (secondary N) is 1. The topological polar surface area (TPSA) is 86.4 Å². The molecular formula is C22H21N3O4S. The Kier molecular flexibility index (Phi) is 5.76. The summed E-state index contributed by atoms with van der Waals surface area (Å²) in [5.74, 6) is 0.666. The molecule has 0 radical (unpaired) electrons. The summed E-state index contributed by atoms with van der Waals surface area (Å²) in [6, 6.07) is 14.5. The molecule has 0 saturated carbocycles. The second-order valence-electron chi connectivity index (χ2n) is 6.69. The Bertz CT molecular complexity index is 1260. The molecule has 0 aliphatic heterocycles. The van der Waals surface area contributed by atoms with E-state index < -0.39 is 0 Å². The molecule has 0 atom stereocenters. The van der Waals surface area contributed by atoms with E-state index in [0.717, 1.165) is 17.6 Å². The van der Waals surface area contributed by atoms with Crippen LogP contribution in [0.4, 0.5) is 5.69 Å². The minimum absolute atomic E-state index is 0.128. The maximum absolute atomic E-state index is 13.0. The number of carbonyl (C=O) groups is 1. The third kappa shape index (κ3) is 3.91. The molecule has 7 nitrogen and oxygen atoms in total. The average molecular weight is 423 g/mol. The molecule has 0 bridgehead atoms. The molecule has 1 amide bonds. The van der Waals surface area contributed by atoms with Crippen molar-refractivity contribution in [2.24, 2.45) is 0 Å². The highest BCUT2D eigenvalue weighted by molar-refractivity contribution is 7.99. The van der Waals surface area contributed by atoms with Crippen LogP contribution in [0.2, 0.25) is 0 Å². The average Bonchev–Trinajstić information content (AvgIpc) is 3.14. The summed E-state index contributed by atoms with van der Waals surface area (Å²) >= 11 is 1.24. The fourth-order valence-electron chi connectivity index (χ4n) is 3.19. The van der Waals surface area contributed by atoms with Gasteiger partial charge in [0.15, 0.2) is 5.16 Å². The molecule has 154 valence electrons. The number of hydrogen-bond donors (Lipinski definition) is 1. The van der Waals surface area contributed by atoms with E-state index in [2.05, 4.69) is 10.3 Å². The van der Waals surface area contributed by atoms with E-state index >= 15 is 0 Å². The lowest BCUT2D eigenvalue weighted by Crippen LogP contribution is -2.23. The van der Waals surface area contributed by atoms with E-state index in [0.29, 0.717) is 28.5 Å². The maximum atomic E-state index is 13.0. The lowest BCUT2D eigenvalue weighted by Gasteiger charge is -2.11. The predicted octanol–water partition coefficient (Wildman–Crippen LogP) is 4.29. The monoisotopic (exact) mass is 423 g/mol. The molecule has 30 heavy (non-hydrogen) atoms. The van der Waals surface area contributed by atoms with E-state index in [4.69, 9.17) is 9.15 Å². The molecule has 8 heteroatoms. The number of rotatable bonds is 7. The first-order valence-electron chi connectivity index (χ1n) is 9.59. The maximum Gasteiger partial charge on any atom is 0.297 e. The zero-order valence-electron chi connectivity index (χ0n) is 16.7. The number of anilines is 1. The van der Waals surface area contributed by atoms with Gasteiger partial charge in [-0.1, -0.05) is 30.8 Å². The molecule has 0 aliphatic carbocycles. The molecule has 0 spiro atoms. The van der Waals surface area contributed by atoms with Crippen molar-refractivity contribution in [1.29, 1.82) is 0 Å². The first kappa shape index (κ1) is 20.0. The Labute approximate surface area is 177 Å². The number of thioether (sulfide) groups is 1. The standard InChI is InChI=1S/C22H21N3O4S/c1-3-12-25-21(27)20-19(16-6-4-5-7-17(16)29-20)24-22(25)30-13-18(26)23-14-8-10-15(28-2)11-9-14/h4-11H,3,12-13H2,1-2H3,(H,23,26). The van der Waals surface area contributed by atoms with Crippen LogP contribution in [0.25, 0.3) is 22.1 Å². The smallest absolute Gasteiger partial charge is 0.297 e. The van der Waals surface area contributed by atoms with Gasteiger partial charge < -0.3 is 14.5 Å². The SMILES string of the molecule is CCCn1c(SCC(=O)Nc2ccc(OC)cc2)nc2c(oc3ccccc32)c1=O. The van der Waals surface area contributed by atoms with E-state index in [1.54, 1.807) is 35.9 Å². The zero-order valence-corrected chi connectivity index (χ0v) is 17.5. The van der Waals surface area contributed by atoms with Gasteiger partial charge in [-0.3, -0.25) is 14.2 Å². The molecule has 0 unspecified atom stereocenters. The number of nitrogens with zero attached hydrogens (tertiary/aromatic N) is 2. The van der Waals surface area contributed by atoms with E-state index in [1.165, 1.54) is 11.8 Å². The van der Waals surface area contributed by atoms with Gasteiger partial charge in [-0.15, -0.1) is 0 Å². The molecule has 1 N–H and O–H groups in total. The number of benzene rings is 2. The summed E-state index contributed by atoms with van der Waals surface area (Å²) in [5.41, 5.74) is 1.85. The Hall–Kier alpha value is -3.26. The fraction of sp³-hybridized carbons (Fsp3) is 0.227. The highest BCUT2D eigenvalue weighted by atomic mass is 32.2. The van der Waals surface area contributed by atoms with Gasteiger partial charge in [0.1, 0.15) is 16.8 Å². The number of carbonyl (C=O) groups excluding carboxylic acids is 1. The lowest BCUT2D eigenvalue weighted by atomic mass is 10.2. The normalized spacial score (nSPS) is 11.1. The van der Waals surface area contributed by atoms with E-state index in [-0.39, 0.29) is 22.8 Å². The van der Waals surface area contributed by atoms with Crippen LogP contribution in [-0.4, -0.2) is 28.3 Å². The minimum Gasteiger partial charge on any atom is -0.497 e. The number of ether oxygens (including phenoxy) is 1. The third-order valence-corrected chi connectivity index (χ3v) is 5.58. The van der Waals surface area contributed by atoms with Crippen molar-refractivity contribution in [2.45, 2.75) is 25.0 Å². The summed E-state index contributed by atoms with van der Waals surface area (Å²) < 4.78 is 12.5. The van der Waals surface area contributed by atoms with Crippen molar-refractivity contribution in [3.63, 3.8) is 0 Å². The van der Waals surface area contributed by atoms with Crippen LogP contribution in [0.3, 0.4) is 0 Å². The number of aromatic nitrogens is 2. The number of hydrogen-bond acceptors (Lipinski definition) is 6. The van der Waals surface area contributed by atoms with Gasteiger partial charge in [0.2, 0.25) is 11.5 Å². The first-order valence-corrected chi connectivity index (χ1v) is 10.6. The quantitative estimate of drug-likeness (QED) is 0.352. The van der Waals surface area contributed by atoms with E-state index in [1.807, 2.05) is 31.2 Å². The fourth-order valence-corrected chi connectivity index (χ4v) is 4.00. The summed E-state index contributed by atoms with van der Waals surface area (Å²) in [7, 11) is 1.59. The van der Waals surface area contributed by atoms with Crippen LogP contribution in [-0.2, 0) is 11.3 Å². The predicted molar refractivity (Wildman–Crippen MR) is 118 cm³/mol. The van der Waals surface area contributed by atoms with Crippen molar-refractivity contribution < 1.29 is 13.9 Å². The summed E-state index contributed by atoms with van der Waals surface area (Å²) in [6.07, 6.45) is 0.763. The van der Waals surface area contributed by atoms with Crippen molar-refractivity contribution in [3.8, 4) is 5.75 Å². The number of amides is 1. The Balaban J connectivity index is 1.60. The first-order chi connectivity index (χ1) is 14.6. The summed E-state index contributed by atoms with van der Waals surface area (Å²) in [6.45, 7) is 2.49. The van der Waals surface area contributed by atoms with Crippen molar-refractivity contribution in [2.75, 3.05) is 18.2 Å². The summed E-state index contributed by atoms with van der Waals surface area (Å²) in [4.78, 5) is 30.1. The molecule has 2 aromatic heterocycles. The van der Waals surface area contributed by atoms with Crippen LogP contribution in [0, 0.1) is 0 Å². The molecule has 2 aromatic carbocycles. The number of para-hydroxylation sites is 1. The molecule has 0 saturated heterocycles. The van der Waals surface area contributed by atoms with Gasteiger partial charge in [0, 0.05) is 17.6 Å². The number of fused-ring (bicyclic) bond motifs is 3. The highest BCUT2D eigenvalue weighted by Gasteiger charge is 2.18. The van der Waals surface area contributed by atoms with Crippen LogP contribution in [0.5, 0.6) is 5.75 Å².